The predicted molar refractivity (Wildman–Crippen MR) is 107 cm³/mol. The van der Waals surface area contributed by atoms with Gasteiger partial charge in [-0.05, 0) is 60.2 Å². The van der Waals surface area contributed by atoms with Crippen molar-refractivity contribution < 1.29 is 13.2 Å². The molecule has 0 saturated heterocycles. The van der Waals surface area contributed by atoms with Gasteiger partial charge in [0.05, 0.1) is 12.0 Å². The summed E-state index contributed by atoms with van der Waals surface area (Å²) in [5, 5.41) is 0. The molecule has 28 heavy (non-hydrogen) atoms. The van der Waals surface area contributed by atoms with Gasteiger partial charge >= 0.3 is 0 Å². The third-order valence-electron chi connectivity index (χ3n) is 5.22. The van der Waals surface area contributed by atoms with Crippen molar-refractivity contribution in [2.45, 2.75) is 30.2 Å². The van der Waals surface area contributed by atoms with Crippen LogP contribution in [-0.2, 0) is 29.9 Å². The van der Waals surface area contributed by atoms with Gasteiger partial charge in [0.25, 0.3) is 0 Å². The zero-order valence-corrected chi connectivity index (χ0v) is 16.7. The standard InChI is InChI=1S/C21H23N3O3S/c1-24-13-12-22-21(24)20(16-6-9-18(27-2)10-7-16)23-28(25,26)19-11-8-15-4-3-5-17(15)14-19/h6-14,20,23H,3-5H2,1-2H3. The summed E-state index contributed by atoms with van der Waals surface area (Å²) in [6.45, 7) is 0. The summed E-state index contributed by atoms with van der Waals surface area (Å²) < 4.78 is 36.2. The van der Waals surface area contributed by atoms with Crippen molar-refractivity contribution in [2.75, 3.05) is 7.11 Å². The minimum Gasteiger partial charge on any atom is -0.497 e. The highest BCUT2D eigenvalue weighted by molar-refractivity contribution is 7.89. The predicted octanol–water partition coefficient (Wildman–Crippen LogP) is 2.99. The van der Waals surface area contributed by atoms with E-state index in [1.807, 2.05) is 41.9 Å². The van der Waals surface area contributed by atoms with Gasteiger partial charge in [-0.2, -0.15) is 4.72 Å². The van der Waals surface area contributed by atoms with E-state index in [0.29, 0.717) is 16.5 Å². The molecule has 1 N–H and O–H groups in total. The lowest BCUT2D eigenvalue weighted by Crippen LogP contribution is -2.31. The van der Waals surface area contributed by atoms with E-state index in [9.17, 15) is 8.42 Å². The average Bonchev–Trinajstić information content (AvgIpc) is 3.34. The Morgan fingerprint density at radius 2 is 1.86 bits per heavy atom. The van der Waals surface area contributed by atoms with E-state index in [4.69, 9.17) is 4.74 Å². The molecule has 0 bridgehead atoms. The fourth-order valence-electron chi connectivity index (χ4n) is 3.66. The van der Waals surface area contributed by atoms with E-state index < -0.39 is 16.1 Å². The summed E-state index contributed by atoms with van der Waals surface area (Å²) >= 11 is 0. The van der Waals surface area contributed by atoms with Crippen LogP contribution in [0.2, 0.25) is 0 Å². The number of rotatable bonds is 6. The van der Waals surface area contributed by atoms with Crippen molar-refractivity contribution in [1.29, 1.82) is 0 Å². The number of hydrogen-bond acceptors (Lipinski definition) is 4. The summed E-state index contributed by atoms with van der Waals surface area (Å²) in [4.78, 5) is 4.67. The van der Waals surface area contributed by atoms with Crippen LogP contribution in [0, 0.1) is 0 Å². The van der Waals surface area contributed by atoms with Gasteiger partial charge in [0.1, 0.15) is 17.6 Å². The molecule has 1 atom stereocenters. The number of aryl methyl sites for hydroxylation is 3. The molecule has 4 rings (SSSR count). The Hall–Kier alpha value is -2.64. The van der Waals surface area contributed by atoms with Gasteiger partial charge in [-0.3, -0.25) is 0 Å². The molecule has 2 aromatic carbocycles. The quantitative estimate of drug-likeness (QED) is 0.694. The minimum atomic E-state index is -3.72. The van der Waals surface area contributed by atoms with E-state index in [1.54, 1.807) is 31.6 Å². The normalized spacial score (nSPS) is 14.6. The molecule has 0 fully saturated rings. The second kappa shape index (κ2) is 7.41. The van der Waals surface area contributed by atoms with Crippen LogP contribution in [-0.4, -0.2) is 25.1 Å². The molecule has 7 heteroatoms. The second-order valence-corrected chi connectivity index (χ2v) is 8.72. The Morgan fingerprint density at radius 3 is 2.54 bits per heavy atom. The zero-order chi connectivity index (χ0) is 19.7. The number of imidazole rings is 1. The first kappa shape index (κ1) is 18.7. The molecule has 1 aliphatic carbocycles. The first-order valence-corrected chi connectivity index (χ1v) is 10.7. The Morgan fingerprint density at radius 1 is 1.11 bits per heavy atom. The molecule has 1 unspecified atom stereocenters. The van der Waals surface area contributed by atoms with Crippen LogP contribution in [0.1, 0.15) is 35.0 Å². The molecule has 146 valence electrons. The summed E-state index contributed by atoms with van der Waals surface area (Å²) in [6.07, 6.45) is 6.49. The van der Waals surface area contributed by atoms with Crippen LogP contribution < -0.4 is 9.46 Å². The molecular formula is C21H23N3O3S. The highest BCUT2D eigenvalue weighted by Crippen LogP contribution is 2.28. The molecule has 1 heterocycles. The number of sulfonamides is 1. The Balaban J connectivity index is 1.71. The van der Waals surface area contributed by atoms with Gasteiger partial charge in [-0.1, -0.05) is 18.2 Å². The number of benzene rings is 2. The van der Waals surface area contributed by atoms with Crippen LogP contribution in [0.4, 0.5) is 0 Å². The van der Waals surface area contributed by atoms with Crippen LogP contribution in [0.25, 0.3) is 0 Å². The van der Waals surface area contributed by atoms with E-state index in [1.165, 1.54) is 5.56 Å². The molecule has 0 saturated carbocycles. The third kappa shape index (κ3) is 3.55. The van der Waals surface area contributed by atoms with Crippen molar-refractivity contribution in [3.8, 4) is 5.75 Å². The maximum atomic E-state index is 13.2. The lowest BCUT2D eigenvalue weighted by molar-refractivity contribution is 0.414. The largest absolute Gasteiger partial charge is 0.497 e. The third-order valence-corrected chi connectivity index (χ3v) is 6.64. The summed E-state index contributed by atoms with van der Waals surface area (Å²) in [7, 11) is -0.274. The first-order chi connectivity index (χ1) is 13.5. The van der Waals surface area contributed by atoms with Crippen LogP contribution in [0.3, 0.4) is 0 Å². The number of fused-ring (bicyclic) bond motifs is 1. The molecular weight excluding hydrogens is 374 g/mol. The highest BCUT2D eigenvalue weighted by Gasteiger charge is 2.26. The monoisotopic (exact) mass is 397 g/mol. The maximum absolute atomic E-state index is 13.2. The Kier molecular flexibility index (Phi) is 4.95. The minimum absolute atomic E-state index is 0.292. The Labute approximate surface area is 165 Å². The molecule has 6 nitrogen and oxygen atoms in total. The SMILES string of the molecule is COc1ccc(C(NS(=O)(=O)c2ccc3c(c2)CCC3)c2nccn2C)cc1. The van der Waals surface area contributed by atoms with Crippen molar-refractivity contribution in [1.82, 2.24) is 14.3 Å². The summed E-state index contributed by atoms with van der Waals surface area (Å²) in [5.74, 6) is 1.33. The van der Waals surface area contributed by atoms with E-state index in [2.05, 4.69) is 9.71 Å². The first-order valence-electron chi connectivity index (χ1n) is 9.23. The molecule has 0 radical (unpaired) electrons. The van der Waals surface area contributed by atoms with E-state index >= 15 is 0 Å². The van der Waals surface area contributed by atoms with E-state index in [-0.39, 0.29) is 0 Å². The second-order valence-electron chi connectivity index (χ2n) is 7.01. The van der Waals surface area contributed by atoms with Gasteiger partial charge in [0.15, 0.2) is 0 Å². The van der Waals surface area contributed by atoms with Gasteiger partial charge in [0.2, 0.25) is 10.0 Å². The lowest BCUT2D eigenvalue weighted by Gasteiger charge is -2.20. The average molecular weight is 398 g/mol. The fraction of sp³-hybridized carbons (Fsp3) is 0.286. The van der Waals surface area contributed by atoms with Crippen molar-refractivity contribution in [3.05, 3.63) is 77.4 Å². The van der Waals surface area contributed by atoms with Gasteiger partial charge < -0.3 is 9.30 Å². The number of methoxy groups -OCH3 is 1. The highest BCUT2D eigenvalue weighted by atomic mass is 32.2. The molecule has 1 aromatic heterocycles. The molecule has 1 aliphatic rings. The molecule has 0 aliphatic heterocycles. The van der Waals surface area contributed by atoms with Gasteiger partial charge in [-0.15, -0.1) is 0 Å². The van der Waals surface area contributed by atoms with Crippen LogP contribution >= 0.6 is 0 Å². The van der Waals surface area contributed by atoms with Gasteiger partial charge in [0, 0.05) is 19.4 Å². The molecule has 0 spiro atoms. The number of nitrogens with one attached hydrogen (secondary N) is 1. The fourth-order valence-corrected chi connectivity index (χ4v) is 4.89. The smallest absolute Gasteiger partial charge is 0.241 e. The zero-order valence-electron chi connectivity index (χ0n) is 15.9. The van der Waals surface area contributed by atoms with Crippen LogP contribution in [0.5, 0.6) is 5.75 Å². The number of nitrogens with zero attached hydrogens (tertiary/aromatic N) is 2. The number of ether oxygens (including phenoxy) is 1. The lowest BCUT2D eigenvalue weighted by atomic mass is 10.1. The van der Waals surface area contributed by atoms with Gasteiger partial charge in [-0.25, -0.2) is 13.4 Å². The Bertz CT molecular complexity index is 1090. The number of aromatic nitrogens is 2. The van der Waals surface area contributed by atoms with Crippen molar-refractivity contribution >= 4 is 10.0 Å². The summed E-state index contributed by atoms with van der Waals surface area (Å²) in [6, 6.07) is 12.1. The molecule has 3 aromatic rings. The van der Waals surface area contributed by atoms with Crippen LogP contribution in [0.15, 0.2) is 59.8 Å². The molecule has 0 amide bonds. The van der Waals surface area contributed by atoms with Crippen molar-refractivity contribution in [3.63, 3.8) is 0 Å². The van der Waals surface area contributed by atoms with Crippen molar-refractivity contribution in [2.24, 2.45) is 7.05 Å². The van der Waals surface area contributed by atoms with E-state index in [0.717, 1.165) is 30.4 Å². The number of hydrogen-bond donors (Lipinski definition) is 1. The topological polar surface area (TPSA) is 73.2 Å². The maximum Gasteiger partial charge on any atom is 0.241 e. The summed E-state index contributed by atoms with van der Waals surface area (Å²) in [5.41, 5.74) is 3.16.